The highest BCUT2D eigenvalue weighted by Crippen LogP contribution is 2.33. The van der Waals surface area contributed by atoms with Crippen molar-refractivity contribution in [1.82, 2.24) is 10.4 Å². The molecule has 0 unspecified atom stereocenters. The molecule has 18 heavy (non-hydrogen) atoms. The number of halogens is 1. The summed E-state index contributed by atoms with van der Waals surface area (Å²) in [6, 6.07) is 13.8. The molecule has 0 spiro atoms. The predicted molar refractivity (Wildman–Crippen MR) is 72.7 cm³/mol. The van der Waals surface area contributed by atoms with E-state index in [-0.39, 0.29) is 0 Å². The van der Waals surface area contributed by atoms with E-state index in [1.807, 2.05) is 42.5 Å². The topological polar surface area (TPSA) is 37.3 Å². The molecule has 3 rings (SSSR count). The minimum absolute atomic E-state index is 0.448. The molecule has 0 saturated heterocycles. The van der Waals surface area contributed by atoms with E-state index in [0.29, 0.717) is 5.17 Å². The molecule has 0 fully saturated rings. The zero-order chi connectivity index (χ0) is 12.6. The first-order valence-corrected chi connectivity index (χ1v) is 6.11. The number of pyridine rings is 1. The van der Waals surface area contributed by atoms with Crippen LogP contribution in [-0.2, 0) is 5.54 Å². The summed E-state index contributed by atoms with van der Waals surface area (Å²) in [4.78, 5) is 4.42. The van der Waals surface area contributed by atoms with Crippen LogP contribution in [0.4, 0.5) is 0 Å². The Bertz CT molecular complexity index is 609. The Labute approximate surface area is 111 Å². The summed E-state index contributed by atoms with van der Waals surface area (Å²) >= 11 is 6.13. The summed E-state index contributed by atoms with van der Waals surface area (Å²) in [5.41, 5.74) is 5.62. The Morgan fingerprint density at radius 3 is 2.67 bits per heavy atom. The fourth-order valence-corrected chi connectivity index (χ4v) is 2.44. The van der Waals surface area contributed by atoms with E-state index in [1.165, 1.54) is 0 Å². The van der Waals surface area contributed by atoms with Crippen LogP contribution in [0, 0.1) is 0 Å². The monoisotopic (exact) mass is 257 g/mol. The van der Waals surface area contributed by atoms with Crippen LogP contribution >= 0.6 is 11.6 Å². The second kappa shape index (κ2) is 4.10. The quantitative estimate of drug-likeness (QED) is 0.853. The minimum Gasteiger partial charge on any atom is -0.292 e. The molecule has 1 aliphatic rings. The molecule has 0 amide bonds. The van der Waals surface area contributed by atoms with E-state index >= 15 is 0 Å². The smallest absolute Gasteiger partial charge is 0.156 e. The van der Waals surface area contributed by atoms with Gasteiger partial charge in [-0.25, -0.2) is 0 Å². The van der Waals surface area contributed by atoms with E-state index in [2.05, 4.69) is 22.4 Å². The average Bonchev–Trinajstić information content (AvgIpc) is 2.44. The number of hydrogen-bond donors (Lipinski definition) is 1. The van der Waals surface area contributed by atoms with Crippen molar-refractivity contribution in [1.29, 1.82) is 0 Å². The van der Waals surface area contributed by atoms with Crippen LogP contribution in [0.1, 0.15) is 23.7 Å². The molecule has 1 aliphatic heterocycles. The van der Waals surface area contributed by atoms with Gasteiger partial charge in [0.15, 0.2) is 5.17 Å². The Morgan fingerprint density at radius 2 is 1.89 bits per heavy atom. The van der Waals surface area contributed by atoms with E-state index in [0.717, 1.165) is 16.8 Å². The van der Waals surface area contributed by atoms with Gasteiger partial charge in [-0.05, 0) is 24.6 Å². The normalized spacial score (nSPS) is 21.8. The number of aromatic nitrogens is 1. The van der Waals surface area contributed by atoms with Gasteiger partial charge in [-0.15, -0.1) is 0 Å². The standard InChI is InChI=1S/C14H12ClN3/c1-14(12-8-4-5-9-16-12)11-7-3-2-6-10(11)13(15)17-18-14/h2-9,18H,1H3/t14-/m1/s1. The third-order valence-corrected chi connectivity index (χ3v) is 3.53. The SMILES string of the molecule is C[C@@]1(c2ccccn2)NN=C(Cl)c2ccccc21. The molecule has 2 aromatic rings. The third-order valence-electron chi connectivity index (χ3n) is 3.24. The van der Waals surface area contributed by atoms with Crippen LogP contribution in [0.3, 0.4) is 0 Å². The molecule has 3 nitrogen and oxygen atoms in total. The van der Waals surface area contributed by atoms with Crippen molar-refractivity contribution in [3.8, 4) is 0 Å². The molecular formula is C14H12ClN3. The zero-order valence-electron chi connectivity index (χ0n) is 9.89. The number of hydrazone groups is 1. The highest BCUT2D eigenvalue weighted by molar-refractivity contribution is 6.69. The fourth-order valence-electron chi connectivity index (χ4n) is 2.23. The molecule has 2 heterocycles. The second-order valence-corrected chi connectivity index (χ2v) is 4.76. The van der Waals surface area contributed by atoms with Gasteiger partial charge < -0.3 is 0 Å². The molecule has 0 radical (unpaired) electrons. The van der Waals surface area contributed by atoms with Crippen LogP contribution in [0.25, 0.3) is 0 Å². The number of nitrogens with zero attached hydrogens (tertiary/aromatic N) is 2. The van der Waals surface area contributed by atoms with Gasteiger partial charge in [-0.2, -0.15) is 5.10 Å². The summed E-state index contributed by atoms with van der Waals surface area (Å²) in [7, 11) is 0. The zero-order valence-corrected chi connectivity index (χ0v) is 10.6. The van der Waals surface area contributed by atoms with Crippen molar-refractivity contribution in [2.75, 3.05) is 0 Å². The van der Waals surface area contributed by atoms with Crippen molar-refractivity contribution in [3.05, 3.63) is 65.5 Å². The first-order valence-electron chi connectivity index (χ1n) is 5.73. The van der Waals surface area contributed by atoms with Gasteiger partial charge in [-0.3, -0.25) is 10.4 Å². The number of fused-ring (bicyclic) bond motifs is 1. The molecule has 1 aromatic heterocycles. The maximum atomic E-state index is 6.13. The molecular weight excluding hydrogens is 246 g/mol. The van der Waals surface area contributed by atoms with Crippen molar-refractivity contribution in [2.24, 2.45) is 5.10 Å². The lowest BCUT2D eigenvalue weighted by Crippen LogP contribution is -2.42. The van der Waals surface area contributed by atoms with E-state index in [1.54, 1.807) is 6.20 Å². The van der Waals surface area contributed by atoms with Crippen LogP contribution in [0.15, 0.2) is 53.8 Å². The highest BCUT2D eigenvalue weighted by atomic mass is 35.5. The van der Waals surface area contributed by atoms with Gasteiger partial charge in [0.2, 0.25) is 0 Å². The molecule has 0 bridgehead atoms. The highest BCUT2D eigenvalue weighted by Gasteiger charge is 2.35. The largest absolute Gasteiger partial charge is 0.292 e. The summed E-state index contributed by atoms with van der Waals surface area (Å²) < 4.78 is 0. The fraction of sp³-hybridized carbons (Fsp3) is 0.143. The number of nitrogens with one attached hydrogen (secondary N) is 1. The van der Waals surface area contributed by atoms with Crippen molar-refractivity contribution < 1.29 is 0 Å². The van der Waals surface area contributed by atoms with Crippen LogP contribution in [0.2, 0.25) is 0 Å². The van der Waals surface area contributed by atoms with Crippen molar-refractivity contribution in [2.45, 2.75) is 12.5 Å². The van der Waals surface area contributed by atoms with Crippen LogP contribution in [-0.4, -0.2) is 10.2 Å². The lowest BCUT2D eigenvalue weighted by molar-refractivity contribution is 0.435. The number of benzene rings is 1. The maximum absolute atomic E-state index is 6.13. The Morgan fingerprint density at radius 1 is 1.11 bits per heavy atom. The number of hydrogen-bond acceptors (Lipinski definition) is 3. The maximum Gasteiger partial charge on any atom is 0.156 e. The average molecular weight is 258 g/mol. The molecule has 0 saturated carbocycles. The lowest BCUT2D eigenvalue weighted by atomic mass is 9.85. The number of rotatable bonds is 1. The van der Waals surface area contributed by atoms with Gasteiger partial charge in [0.05, 0.1) is 5.69 Å². The molecule has 90 valence electrons. The van der Waals surface area contributed by atoms with Gasteiger partial charge in [0, 0.05) is 11.8 Å². The Hall–Kier alpha value is -1.87. The van der Waals surface area contributed by atoms with Crippen molar-refractivity contribution in [3.63, 3.8) is 0 Å². The minimum atomic E-state index is -0.448. The van der Waals surface area contributed by atoms with Gasteiger partial charge in [0.25, 0.3) is 0 Å². The van der Waals surface area contributed by atoms with Gasteiger partial charge in [0.1, 0.15) is 5.54 Å². The molecule has 1 N–H and O–H groups in total. The van der Waals surface area contributed by atoms with E-state index in [4.69, 9.17) is 11.6 Å². The Balaban J connectivity index is 2.21. The molecule has 1 atom stereocenters. The first-order chi connectivity index (χ1) is 8.72. The van der Waals surface area contributed by atoms with Gasteiger partial charge in [-0.1, -0.05) is 41.9 Å². The van der Waals surface area contributed by atoms with Crippen LogP contribution in [0.5, 0.6) is 0 Å². The second-order valence-electron chi connectivity index (χ2n) is 4.40. The summed E-state index contributed by atoms with van der Waals surface area (Å²) in [6.07, 6.45) is 1.78. The molecule has 4 heteroatoms. The van der Waals surface area contributed by atoms with E-state index in [9.17, 15) is 0 Å². The lowest BCUT2D eigenvalue weighted by Gasteiger charge is -2.34. The van der Waals surface area contributed by atoms with Gasteiger partial charge >= 0.3 is 0 Å². The molecule has 0 aliphatic carbocycles. The summed E-state index contributed by atoms with van der Waals surface area (Å²) in [5.74, 6) is 0. The van der Waals surface area contributed by atoms with E-state index < -0.39 is 5.54 Å². The first kappa shape index (κ1) is 11.2. The predicted octanol–water partition coefficient (Wildman–Crippen LogP) is 2.85. The summed E-state index contributed by atoms with van der Waals surface area (Å²) in [5, 5.41) is 4.68. The van der Waals surface area contributed by atoms with Crippen LogP contribution < -0.4 is 5.43 Å². The molecule has 1 aromatic carbocycles. The Kier molecular flexibility index (Phi) is 2.56. The van der Waals surface area contributed by atoms with Crippen molar-refractivity contribution >= 4 is 16.8 Å². The third kappa shape index (κ3) is 1.59. The summed E-state index contributed by atoms with van der Waals surface area (Å²) in [6.45, 7) is 2.06.